The van der Waals surface area contributed by atoms with E-state index in [1.807, 2.05) is 35.0 Å². The van der Waals surface area contributed by atoms with Crippen LogP contribution in [0.3, 0.4) is 0 Å². The minimum absolute atomic E-state index is 0.298. The Balaban J connectivity index is 1.34. The molecule has 0 saturated carbocycles. The molecule has 0 bridgehead atoms. The van der Waals surface area contributed by atoms with Gasteiger partial charge in [-0.3, -0.25) is 5.32 Å². The smallest absolute Gasteiger partial charge is 0.324 e. The van der Waals surface area contributed by atoms with Crippen molar-refractivity contribution in [3.63, 3.8) is 0 Å². The van der Waals surface area contributed by atoms with E-state index in [9.17, 15) is 4.79 Å². The zero-order valence-electron chi connectivity index (χ0n) is 16.8. The molecule has 3 heterocycles. The molecule has 0 spiro atoms. The molecular formula is C21H29N5O2S. The molecule has 4 rings (SSSR count). The van der Waals surface area contributed by atoms with Gasteiger partial charge in [-0.1, -0.05) is 12.1 Å². The molecule has 2 aliphatic heterocycles. The largest absolute Gasteiger partial charge is 0.495 e. The quantitative estimate of drug-likeness (QED) is 0.770. The first-order valence-corrected chi connectivity index (χ1v) is 11.5. The van der Waals surface area contributed by atoms with Gasteiger partial charge in [0.25, 0.3) is 0 Å². The molecule has 0 atom stereocenters. The lowest BCUT2D eigenvalue weighted by Crippen LogP contribution is -2.43. The van der Waals surface area contributed by atoms with Crippen LogP contribution in [0.2, 0.25) is 0 Å². The number of nitrogens with zero attached hydrogens (tertiary/aromatic N) is 3. The van der Waals surface area contributed by atoms with E-state index in [1.165, 1.54) is 24.3 Å². The monoisotopic (exact) mass is 415 g/mol. The number of amides is 2. The Kier molecular flexibility index (Phi) is 6.61. The van der Waals surface area contributed by atoms with Gasteiger partial charge in [-0.05, 0) is 49.3 Å². The normalized spacial score (nSPS) is 19.1. The number of piperidine rings is 1. The highest BCUT2D eigenvalue weighted by Gasteiger charge is 2.28. The first kappa shape index (κ1) is 20.1. The number of urea groups is 1. The minimum atomic E-state index is -0.298. The summed E-state index contributed by atoms with van der Waals surface area (Å²) in [6.45, 7) is 2.21. The SMILES string of the molecule is COc1ccccc1NC(=O)Nc1ccnn1C1CCN(C2CCSCC2)CC1. The number of thioether (sulfide) groups is 1. The van der Waals surface area contributed by atoms with Crippen LogP contribution in [0.15, 0.2) is 36.5 Å². The number of hydrogen-bond acceptors (Lipinski definition) is 5. The molecule has 2 fully saturated rings. The van der Waals surface area contributed by atoms with Gasteiger partial charge in [0.15, 0.2) is 0 Å². The van der Waals surface area contributed by atoms with Crippen LogP contribution in [0, 0.1) is 0 Å². The molecule has 2 amide bonds. The number of carbonyl (C=O) groups is 1. The number of methoxy groups -OCH3 is 1. The van der Waals surface area contributed by atoms with Crippen LogP contribution in [0.1, 0.15) is 31.7 Å². The molecule has 2 aliphatic rings. The highest BCUT2D eigenvalue weighted by molar-refractivity contribution is 7.99. The van der Waals surface area contributed by atoms with Gasteiger partial charge in [0, 0.05) is 25.2 Å². The maximum absolute atomic E-state index is 12.5. The van der Waals surface area contributed by atoms with Crippen LogP contribution in [-0.2, 0) is 0 Å². The number of nitrogens with one attached hydrogen (secondary N) is 2. The first-order chi connectivity index (χ1) is 14.2. The Morgan fingerprint density at radius 1 is 1.07 bits per heavy atom. The highest BCUT2D eigenvalue weighted by Crippen LogP contribution is 2.30. The summed E-state index contributed by atoms with van der Waals surface area (Å²) in [6.07, 6.45) is 6.51. The number of para-hydroxylation sites is 2. The fourth-order valence-corrected chi connectivity index (χ4v) is 5.35. The summed E-state index contributed by atoms with van der Waals surface area (Å²) in [6, 6.07) is 9.99. The van der Waals surface area contributed by atoms with Crippen LogP contribution in [-0.4, -0.2) is 58.5 Å². The van der Waals surface area contributed by atoms with E-state index < -0.39 is 0 Å². The third kappa shape index (κ3) is 4.87. The molecule has 0 aliphatic carbocycles. The van der Waals surface area contributed by atoms with Crippen molar-refractivity contribution in [1.29, 1.82) is 0 Å². The fraction of sp³-hybridized carbons (Fsp3) is 0.524. The molecule has 156 valence electrons. The highest BCUT2D eigenvalue weighted by atomic mass is 32.2. The standard InChI is InChI=1S/C21H29N5O2S/c1-28-19-5-3-2-4-18(19)23-21(27)24-20-6-11-22-26(20)17-7-12-25(13-8-17)16-9-14-29-15-10-16/h2-6,11,16-17H,7-10,12-15H2,1H3,(H2,23,24,27). The van der Waals surface area contributed by atoms with Gasteiger partial charge in [-0.2, -0.15) is 16.9 Å². The average Bonchev–Trinajstić information content (AvgIpc) is 3.23. The summed E-state index contributed by atoms with van der Waals surface area (Å²) in [5.74, 6) is 3.94. The van der Waals surface area contributed by atoms with Crippen molar-refractivity contribution in [3.05, 3.63) is 36.5 Å². The van der Waals surface area contributed by atoms with Gasteiger partial charge >= 0.3 is 6.03 Å². The Morgan fingerprint density at radius 2 is 1.83 bits per heavy atom. The lowest BCUT2D eigenvalue weighted by Gasteiger charge is -2.39. The zero-order valence-corrected chi connectivity index (χ0v) is 17.7. The fourth-order valence-electron chi connectivity index (χ4n) is 4.27. The van der Waals surface area contributed by atoms with Crippen molar-refractivity contribution in [2.45, 2.75) is 37.8 Å². The van der Waals surface area contributed by atoms with Crippen LogP contribution in [0.4, 0.5) is 16.3 Å². The molecule has 0 radical (unpaired) electrons. The van der Waals surface area contributed by atoms with E-state index in [2.05, 4.69) is 32.4 Å². The second-order valence-corrected chi connectivity index (χ2v) is 8.78. The van der Waals surface area contributed by atoms with E-state index in [1.54, 1.807) is 13.3 Å². The number of aromatic nitrogens is 2. The van der Waals surface area contributed by atoms with Crippen LogP contribution >= 0.6 is 11.8 Å². The molecule has 2 saturated heterocycles. The van der Waals surface area contributed by atoms with Gasteiger partial charge in [0.05, 0.1) is 25.0 Å². The van der Waals surface area contributed by atoms with Crippen molar-refractivity contribution < 1.29 is 9.53 Å². The van der Waals surface area contributed by atoms with Gasteiger partial charge < -0.3 is 15.0 Å². The van der Waals surface area contributed by atoms with Crippen LogP contribution < -0.4 is 15.4 Å². The van der Waals surface area contributed by atoms with Crippen LogP contribution in [0.25, 0.3) is 0 Å². The van der Waals surface area contributed by atoms with Crippen molar-refractivity contribution in [2.24, 2.45) is 0 Å². The molecule has 7 nitrogen and oxygen atoms in total. The number of hydrogen-bond donors (Lipinski definition) is 2. The van der Waals surface area contributed by atoms with Crippen molar-refractivity contribution in [1.82, 2.24) is 14.7 Å². The molecule has 1 aromatic heterocycles. The number of anilines is 2. The molecule has 2 aromatic rings. The second kappa shape index (κ2) is 9.54. The lowest BCUT2D eigenvalue weighted by atomic mass is 10.0. The third-order valence-electron chi connectivity index (χ3n) is 5.82. The maximum atomic E-state index is 12.5. The molecule has 0 unspecified atom stereocenters. The Bertz CT molecular complexity index is 813. The topological polar surface area (TPSA) is 71.4 Å². The van der Waals surface area contributed by atoms with E-state index in [0.717, 1.165) is 37.8 Å². The minimum Gasteiger partial charge on any atom is -0.495 e. The zero-order chi connectivity index (χ0) is 20.1. The Hall–Kier alpha value is -2.19. The van der Waals surface area contributed by atoms with Crippen molar-refractivity contribution in [2.75, 3.05) is 42.3 Å². The summed E-state index contributed by atoms with van der Waals surface area (Å²) >= 11 is 2.08. The Morgan fingerprint density at radius 3 is 2.59 bits per heavy atom. The number of likely N-dealkylation sites (tertiary alicyclic amines) is 1. The summed E-state index contributed by atoms with van der Waals surface area (Å²) in [5, 5.41) is 10.3. The lowest BCUT2D eigenvalue weighted by molar-refractivity contribution is 0.125. The van der Waals surface area contributed by atoms with Crippen molar-refractivity contribution >= 4 is 29.3 Å². The first-order valence-electron chi connectivity index (χ1n) is 10.3. The predicted octanol–water partition coefficient (Wildman–Crippen LogP) is 4.07. The van der Waals surface area contributed by atoms with Gasteiger partial charge in [0.2, 0.25) is 0 Å². The number of carbonyl (C=O) groups excluding carboxylic acids is 1. The summed E-state index contributed by atoms with van der Waals surface area (Å²) in [7, 11) is 1.59. The Labute approximate surface area is 176 Å². The molecule has 8 heteroatoms. The number of rotatable bonds is 5. The van der Waals surface area contributed by atoms with E-state index in [-0.39, 0.29) is 6.03 Å². The van der Waals surface area contributed by atoms with Gasteiger partial charge in [0.1, 0.15) is 11.6 Å². The van der Waals surface area contributed by atoms with E-state index >= 15 is 0 Å². The predicted molar refractivity (Wildman–Crippen MR) is 118 cm³/mol. The average molecular weight is 416 g/mol. The van der Waals surface area contributed by atoms with Crippen LogP contribution in [0.5, 0.6) is 5.75 Å². The molecule has 1 aromatic carbocycles. The third-order valence-corrected chi connectivity index (χ3v) is 6.87. The van der Waals surface area contributed by atoms with Crippen molar-refractivity contribution in [3.8, 4) is 5.75 Å². The summed E-state index contributed by atoms with van der Waals surface area (Å²) in [5.41, 5.74) is 0.637. The number of ether oxygens (including phenoxy) is 1. The van der Waals surface area contributed by atoms with E-state index in [4.69, 9.17) is 4.74 Å². The summed E-state index contributed by atoms with van der Waals surface area (Å²) < 4.78 is 7.26. The molecule has 2 N–H and O–H groups in total. The summed E-state index contributed by atoms with van der Waals surface area (Å²) in [4.78, 5) is 15.2. The maximum Gasteiger partial charge on any atom is 0.324 e. The molecule has 29 heavy (non-hydrogen) atoms. The van der Waals surface area contributed by atoms with Gasteiger partial charge in [-0.25, -0.2) is 9.48 Å². The van der Waals surface area contributed by atoms with E-state index in [0.29, 0.717) is 17.5 Å². The number of benzene rings is 1. The molecular weight excluding hydrogens is 386 g/mol. The van der Waals surface area contributed by atoms with Gasteiger partial charge in [-0.15, -0.1) is 0 Å². The second-order valence-electron chi connectivity index (χ2n) is 7.55.